The molecule has 1 aliphatic heterocycles. The van der Waals surface area contributed by atoms with Gasteiger partial charge in [-0.2, -0.15) is 0 Å². The number of benzene rings is 1. The van der Waals surface area contributed by atoms with Gasteiger partial charge in [0.2, 0.25) is 11.8 Å². The number of carbonyl (C=O) groups is 2. The van der Waals surface area contributed by atoms with Crippen molar-refractivity contribution in [1.82, 2.24) is 10.2 Å². The number of piperazine rings is 1. The first-order valence-electron chi connectivity index (χ1n) is 6.34. The third-order valence-corrected chi connectivity index (χ3v) is 3.56. The second-order valence-corrected chi connectivity index (χ2v) is 5.13. The Labute approximate surface area is 122 Å². The summed E-state index contributed by atoms with van der Waals surface area (Å²) in [6, 6.07) is 4.50. The van der Waals surface area contributed by atoms with Gasteiger partial charge in [-0.1, -0.05) is 11.6 Å². The Hall–Kier alpha value is -1.79. The van der Waals surface area contributed by atoms with Crippen molar-refractivity contribution in [2.45, 2.75) is 13.0 Å². The molecule has 2 amide bonds. The molecule has 6 nitrogen and oxygen atoms in total. The normalized spacial score (nSPS) is 17.4. The van der Waals surface area contributed by atoms with E-state index in [9.17, 15) is 9.59 Å². The fourth-order valence-electron chi connectivity index (χ4n) is 2.02. The van der Waals surface area contributed by atoms with Gasteiger partial charge in [0, 0.05) is 18.8 Å². The van der Waals surface area contributed by atoms with Gasteiger partial charge in [-0.3, -0.25) is 14.5 Å². The first-order chi connectivity index (χ1) is 9.47. The third-order valence-electron chi connectivity index (χ3n) is 3.25. The first-order valence-corrected chi connectivity index (χ1v) is 6.72. The molecule has 108 valence electrons. The maximum atomic E-state index is 12.2. The van der Waals surface area contributed by atoms with Crippen molar-refractivity contribution in [1.29, 1.82) is 0 Å². The molecule has 1 saturated heterocycles. The van der Waals surface area contributed by atoms with Crippen molar-refractivity contribution in [2.75, 3.05) is 30.7 Å². The van der Waals surface area contributed by atoms with E-state index < -0.39 is 6.04 Å². The SMILES string of the molecule is CC(C(=O)Nc1ccc(N)cc1Cl)N1CCNC(=O)C1. The van der Waals surface area contributed by atoms with Crippen LogP contribution in [-0.2, 0) is 9.59 Å². The number of anilines is 2. The van der Waals surface area contributed by atoms with Crippen LogP contribution in [0.3, 0.4) is 0 Å². The van der Waals surface area contributed by atoms with E-state index in [1.165, 1.54) is 0 Å². The molecular weight excluding hydrogens is 280 g/mol. The van der Waals surface area contributed by atoms with Crippen LogP contribution in [0.15, 0.2) is 18.2 Å². The van der Waals surface area contributed by atoms with Crippen LogP contribution in [0.1, 0.15) is 6.92 Å². The molecular formula is C13H17ClN4O2. The maximum absolute atomic E-state index is 12.2. The summed E-state index contributed by atoms with van der Waals surface area (Å²) in [5, 5.41) is 5.86. The van der Waals surface area contributed by atoms with Gasteiger partial charge >= 0.3 is 0 Å². The summed E-state index contributed by atoms with van der Waals surface area (Å²) >= 11 is 6.01. The summed E-state index contributed by atoms with van der Waals surface area (Å²) in [7, 11) is 0. The lowest BCUT2D eigenvalue weighted by Gasteiger charge is -2.31. The number of nitrogens with two attached hydrogens (primary N) is 1. The zero-order chi connectivity index (χ0) is 14.7. The van der Waals surface area contributed by atoms with E-state index >= 15 is 0 Å². The Balaban J connectivity index is 2.01. The van der Waals surface area contributed by atoms with Gasteiger partial charge in [0.1, 0.15) is 0 Å². The smallest absolute Gasteiger partial charge is 0.241 e. The molecule has 0 radical (unpaired) electrons. The van der Waals surface area contributed by atoms with Crippen molar-refractivity contribution in [3.8, 4) is 0 Å². The van der Waals surface area contributed by atoms with Gasteiger partial charge in [0.05, 0.1) is 23.3 Å². The highest BCUT2D eigenvalue weighted by Crippen LogP contribution is 2.24. The number of carbonyl (C=O) groups excluding carboxylic acids is 2. The Morgan fingerprint density at radius 3 is 2.95 bits per heavy atom. The van der Waals surface area contributed by atoms with Crippen molar-refractivity contribution in [3.05, 3.63) is 23.2 Å². The summed E-state index contributed by atoms with van der Waals surface area (Å²) in [6.45, 7) is 3.19. The van der Waals surface area contributed by atoms with Crippen molar-refractivity contribution in [2.24, 2.45) is 0 Å². The molecule has 0 aromatic heterocycles. The quantitative estimate of drug-likeness (QED) is 0.716. The molecule has 0 bridgehead atoms. The number of hydrogen-bond acceptors (Lipinski definition) is 4. The molecule has 1 aliphatic rings. The molecule has 0 saturated carbocycles. The zero-order valence-electron chi connectivity index (χ0n) is 11.1. The number of nitrogen functional groups attached to an aromatic ring is 1. The van der Waals surface area contributed by atoms with E-state index in [1.807, 2.05) is 4.90 Å². The van der Waals surface area contributed by atoms with Crippen LogP contribution in [0, 0.1) is 0 Å². The molecule has 4 N–H and O–H groups in total. The molecule has 2 rings (SSSR count). The first kappa shape index (κ1) is 14.6. The summed E-state index contributed by atoms with van der Waals surface area (Å²) in [4.78, 5) is 25.3. The van der Waals surface area contributed by atoms with E-state index in [4.69, 9.17) is 17.3 Å². The second kappa shape index (κ2) is 6.11. The molecule has 0 spiro atoms. The van der Waals surface area contributed by atoms with Crippen LogP contribution < -0.4 is 16.4 Å². The van der Waals surface area contributed by atoms with Gasteiger partial charge in [0.15, 0.2) is 0 Å². The minimum atomic E-state index is -0.408. The maximum Gasteiger partial charge on any atom is 0.241 e. The molecule has 7 heteroatoms. The number of rotatable bonds is 3. The number of nitrogens with one attached hydrogen (secondary N) is 2. The largest absolute Gasteiger partial charge is 0.399 e. The van der Waals surface area contributed by atoms with E-state index in [-0.39, 0.29) is 18.4 Å². The van der Waals surface area contributed by atoms with Crippen LogP contribution in [0.2, 0.25) is 5.02 Å². The van der Waals surface area contributed by atoms with Crippen molar-refractivity contribution >= 4 is 34.8 Å². The molecule has 1 unspecified atom stereocenters. The Morgan fingerprint density at radius 1 is 1.55 bits per heavy atom. The van der Waals surface area contributed by atoms with Gasteiger partial charge in [-0.15, -0.1) is 0 Å². The van der Waals surface area contributed by atoms with E-state index in [0.717, 1.165) is 0 Å². The fraction of sp³-hybridized carbons (Fsp3) is 0.385. The van der Waals surface area contributed by atoms with Crippen molar-refractivity contribution in [3.63, 3.8) is 0 Å². The molecule has 1 aromatic rings. The lowest BCUT2D eigenvalue weighted by molar-refractivity contribution is -0.127. The second-order valence-electron chi connectivity index (χ2n) is 4.72. The van der Waals surface area contributed by atoms with Gasteiger partial charge in [-0.25, -0.2) is 0 Å². The molecule has 0 aliphatic carbocycles. The van der Waals surface area contributed by atoms with Crippen LogP contribution in [0.5, 0.6) is 0 Å². The molecule has 1 atom stereocenters. The lowest BCUT2D eigenvalue weighted by atomic mass is 10.2. The summed E-state index contributed by atoms with van der Waals surface area (Å²) in [5.41, 5.74) is 6.65. The standard InChI is InChI=1S/C13H17ClN4O2/c1-8(18-5-4-16-12(19)7-18)13(20)17-11-3-2-9(15)6-10(11)14/h2-3,6,8H,4-5,7,15H2,1H3,(H,16,19)(H,17,20). The summed E-state index contributed by atoms with van der Waals surface area (Å²) in [6.07, 6.45) is 0. The third kappa shape index (κ3) is 3.40. The Kier molecular flexibility index (Phi) is 4.46. The van der Waals surface area contributed by atoms with Crippen LogP contribution in [-0.4, -0.2) is 42.4 Å². The fourth-order valence-corrected chi connectivity index (χ4v) is 2.26. The molecule has 1 fully saturated rings. The average Bonchev–Trinajstić information content (AvgIpc) is 2.41. The Bertz CT molecular complexity index is 535. The van der Waals surface area contributed by atoms with Crippen LogP contribution in [0.25, 0.3) is 0 Å². The molecule has 1 aromatic carbocycles. The molecule has 20 heavy (non-hydrogen) atoms. The number of nitrogens with zero attached hydrogens (tertiary/aromatic N) is 1. The highest BCUT2D eigenvalue weighted by molar-refractivity contribution is 6.34. The highest BCUT2D eigenvalue weighted by atomic mass is 35.5. The van der Waals surface area contributed by atoms with Gasteiger partial charge in [-0.05, 0) is 25.1 Å². The topological polar surface area (TPSA) is 87.5 Å². The van der Waals surface area contributed by atoms with Crippen LogP contribution in [0.4, 0.5) is 11.4 Å². The zero-order valence-corrected chi connectivity index (χ0v) is 11.9. The number of amides is 2. The van der Waals surface area contributed by atoms with E-state index in [0.29, 0.717) is 29.5 Å². The average molecular weight is 297 g/mol. The van der Waals surface area contributed by atoms with Gasteiger partial charge in [0.25, 0.3) is 0 Å². The lowest BCUT2D eigenvalue weighted by Crippen LogP contribution is -2.53. The number of hydrogen-bond donors (Lipinski definition) is 3. The van der Waals surface area contributed by atoms with E-state index in [2.05, 4.69) is 10.6 Å². The summed E-state index contributed by atoms with van der Waals surface area (Å²) < 4.78 is 0. The monoisotopic (exact) mass is 296 g/mol. The Morgan fingerprint density at radius 2 is 2.30 bits per heavy atom. The molecule has 1 heterocycles. The van der Waals surface area contributed by atoms with Crippen molar-refractivity contribution < 1.29 is 9.59 Å². The van der Waals surface area contributed by atoms with E-state index in [1.54, 1.807) is 25.1 Å². The highest BCUT2D eigenvalue weighted by Gasteiger charge is 2.26. The van der Waals surface area contributed by atoms with Crippen LogP contribution >= 0.6 is 11.6 Å². The minimum Gasteiger partial charge on any atom is -0.399 e. The predicted molar refractivity (Wildman–Crippen MR) is 78.5 cm³/mol. The number of halogens is 1. The minimum absolute atomic E-state index is 0.0681. The predicted octanol–water partition coefficient (Wildman–Crippen LogP) is 0.681. The van der Waals surface area contributed by atoms with Gasteiger partial charge < -0.3 is 16.4 Å². The summed E-state index contributed by atoms with van der Waals surface area (Å²) in [5.74, 6) is -0.271.